The minimum Gasteiger partial charge on any atom is -0.488 e. The quantitative estimate of drug-likeness (QED) is 0.704. The van der Waals surface area contributed by atoms with Crippen LogP contribution in [0.25, 0.3) is 11.0 Å². The summed E-state index contributed by atoms with van der Waals surface area (Å²) < 4.78 is 16.9. The second-order valence-electron chi connectivity index (χ2n) is 8.09. The van der Waals surface area contributed by atoms with Gasteiger partial charge in [-0.25, -0.2) is 4.98 Å². The monoisotopic (exact) mass is 394 g/mol. The highest BCUT2D eigenvalue weighted by molar-refractivity contribution is 5.75. The average Bonchev–Trinajstić information content (AvgIpc) is 3.46. The molecule has 3 aromatic rings. The fourth-order valence-corrected chi connectivity index (χ4v) is 4.79. The van der Waals surface area contributed by atoms with E-state index in [-0.39, 0.29) is 12.9 Å². The molecule has 4 atom stereocenters. The maximum Gasteiger partial charge on any atom is 0.231 e. The summed E-state index contributed by atoms with van der Waals surface area (Å²) in [5.41, 5.74) is 0.855. The van der Waals surface area contributed by atoms with Crippen molar-refractivity contribution in [2.24, 2.45) is 11.8 Å². The van der Waals surface area contributed by atoms with E-state index in [1.54, 1.807) is 0 Å². The van der Waals surface area contributed by atoms with Gasteiger partial charge in [0.05, 0.1) is 6.10 Å². The van der Waals surface area contributed by atoms with Crippen LogP contribution in [-0.4, -0.2) is 52.1 Å². The van der Waals surface area contributed by atoms with Crippen LogP contribution in [-0.2, 0) is 0 Å². The summed E-state index contributed by atoms with van der Waals surface area (Å²) >= 11 is 0. The number of hydrogen-bond donors (Lipinski definition) is 2. The van der Waals surface area contributed by atoms with E-state index in [4.69, 9.17) is 14.2 Å². The molecule has 2 fully saturated rings. The van der Waals surface area contributed by atoms with Crippen molar-refractivity contribution in [3.8, 4) is 17.2 Å². The van der Waals surface area contributed by atoms with E-state index >= 15 is 0 Å². The molecule has 1 aromatic carbocycles. The Morgan fingerprint density at radius 1 is 1.10 bits per heavy atom. The molecule has 2 aromatic heterocycles. The number of nitrogens with one attached hydrogen (secondary N) is 1. The molecule has 29 heavy (non-hydrogen) atoms. The van der Waals surface area contributed by atoms with Crippen LogP contribution >= 0.6 is 0 Å². The lowest BCUT2D eigenvalue weighted by Crippen LogP contribution is -2.42. The van der Waals surface area contributed by atoms with Gasteiger partial charge in [-0.15, -0.1) is 0 Å². The third-order valence-electron chi connectivity index (χ3n) is 6.29. The first-order valence-corrected chi connectivity index (χ1v) is 10.0. The van der Waals surface area contributed by atoms with Crippen LogP contribution in [0.15, 0.2) is 36.7 Å². The van der Waals surface area contributed by atoms with Gasteiger partial charge in [-0.05, 0) is 42.9 Å². The number of rotatable bonds is 3. The van der Waals surface area contributed by atoms with Crippen molar-refractivity contribution in [2.75, 3.05) is 24.8 Å². The predicted molar refractivity (Wildman–Crippen MR) is 105 cm³/mol. The van der Waals surface area contributed by atoms with E-state index in [2.05, 4.69) is 19.9 Å². The molecule has 0 spiro atoms. The summed E-state index contributed by atoms with van der Waals surface area (Å²) in [6, 6.07) is 7.52. The highest BCUT2D eigenvalue weighted by Gasteiger charge is 2.43. The second-order valence-corrected chi connectivity index (χ2v) is 8.09. The van der Waals surface area contributed by atoms with E-state index in [1.165, 1.54) is 0 Å². The SMILES string of the molecule is O[C@@H]1C[C@H]2CN(c3ncc4cc[nH]c4n3)C[C@H]2C[C@H]1Oc1ccc2c(c1)OCO2. The van der Waals surface area contributed by atoms with Crippen molar-refractivity contribution in [3.63, 3.8) is 0 Å². The summed E-state index contributed by atoms with van der Waals surface area (Å²) in [5.74, 6) is 3.73. The Morgan fingerprint density at radius 3 is 2.90 bits per heavy atom. The van der Waals surface area contributed by atoms with E-state index in [9.17, 15) is 5.11 Å². The van der Waals surface area contributed by atoms with E-state index < -0.39 is 6.10 Å². The zero-order valence-electron chi connectivity index (χ0n) is 15.8. The molecule has 1 saturated heterocycles. The molecule has 2 aliphatic heterocycles. The van der Waals surface area contributed by atoms with Gasteiger partial charge in [-0.3, -0.25) is 0 Å². The summed E-state index contributed by atoms with van der Waals surface area (Å²) in [7, 11) is 0. The molecule has 2 N–H and O–H groups in total. The van der Waals surface area contributed by atoms with Gasteiger partial charge in [0.1, 0.15) is 17.5 Å². The summed E-state index contributed by atoms with van der Waals surface area (Å²) in [4.78, 5) is 14.6. The zero-order valence-corrected chi connectivity index (χ0v) is 15.8. The van der Waals surface area contributed by atoms with Crippen molar-refractivity contribution in [1.82, 2.24) is 15.0 Å². The Kier molecular flexibility index (Phi) is 3.80. The summed E-state index contributed by atoms with van der Waals surface area (Å²) in [6.07, 6.45) is 4.54. The predicted octanol–water partition coefficient (Wildman–Crippen LogP) is 2.34. The van der Waals surface area contributed by atoms with Crippen LogP contribution in [0.3, 0.4) is 0 Å². The number of fused-ring (bicyclic) bond motifs is 3. The van der Waals surface area contributed by atoms with Crippen molar-refractivity contribution in [3.05, 3.63) is 36.7 Å². The number of aliphatic hydroxyl groups is 1. The molecule has 0 amide bonds. The van der Waals surface area contributed by atoms with Crippen LogP contribution in [0.5, 0.6) is 17.2 Å². The maximum absolute atomic E-state index is 10.7. The minimum absolute atomic E-state index is 0.233. The molecule has 0 radical (unpaired) electrons. The number of ether oxygens (including phenoxy) is 3. The van der Waals surface area contributed by atoms with Gasteiger partial charge >= 0.3 is 0 Å². The number of aliphatic hydroxyl groups excluding tert-OH is 1. The molecule has 8 nitrogen and oxygen atoms in total. The minimum atomic E-state index is -0.492. The van der Waals surface area contributed by atoms with Crippen molar-refractivity contribution in [1.29, 1.82) is 0 Å². The van der Waals surface area contributed by atoms with Gasteiger partial charge in [0.15, 0.2) is 11.5 Å². The second kappa shape index (κ2) is 6.52. The normalized spacial score (nSPS) is 28.0. The van der Waals surface area contributed by atoms with Gasteiger partial charge in [0.2, 0.25) is 12.7 Å². The number of nitrogens with zero attached hydrogens (tertiary/aromatic N) is 3. The number of aromatic amines is 1. The highest BCUT2D eigenvalue weighted by atomic mass is 16.7. The molecule has 1 saturated carbocycles. The maximum atomic E-state index is 10.7. The first-order chi connectivity index (χ1) is 14.2. The number of hydrogen-bond acceptors (Lipinski definition) is 7. The standard InChI is InChI=1S/C21H22N4O4/c26-16-5-13-9-25(21-23-8-12-3-4-22-20(12)24-21)10-14(13)6-18(16)29-15-1-2-17-19(7-15)28-11-27-17/h1-4,7-8,13-14,16,18,26H,5-6,9-11H2,(H,22,23,24)/t13-,14+,16+,18+/m0/s1. The molecule has 4 heterocycles. The van der Waals surface area contributed by atoms with Gasteiger partial charge in [-0.2, -0.15) is 4.98 Å². The van der Waals surface area contributed by atoms with Crippen molar-refractivity contribution >= 4 is 17.0 Å². The Bertz CT molecular complexity index is 1050. The molecule has 8 heteroatoms. The Balaban J connectivity index is 1.17. The smallest absolute Gasteiger partial charge is 0.231 e. The molecule has 6 rings (SSSR count). The van der Waals surface area contributed by atoms with Gasteiger partial charge < -0.3 is 29.2 Å². The molecule has 3 aliphatic rings. The molecule has 1 aliphatic carbocycles. The number of H-pyrrole nitrogens is 1. The lowest BCUT2D eigenvalue weighted by molar-refractivity contribution is -0.0232. The van der Waals surface area contributed by atoms with Gasteiger partial charge in [0, 0.05) is 36.9 Å². The topological polar surface area (TPSA) is 92.7 Å². The van der Waals surface area contributed by atoms with Crippen LogP contribution in [0, 0.1) is 11.8 Å². The largest absolute Gasteiger partial charge is 0.488 e. The van der Waals surface area contributed by atoms with E-state index in [0.717, 1.165) is 48.7 Å². The fourth-order valence-electron chi connectivity index (χ4n) is 4.79. The number of aromatic nitrogens is 3. The Morgan fingerprint density at radius 2 is 1.97 bits per heavy atom. The third kappa shape index (κ3) is 2.95. The van der Waals surface area contributed by atoms with E-state index in [0.29, 0.717) is 23.3 Å². The zero-order chi connectivity index (χ0) is 19.4. The molecule has 150 valence electrons. The Hall–Kier alpha value is -3.00. The van der Waals surface area contributed by atoms with Gasteiger partial charge in [0.25, 0.3) is 0 Å². The van der Waals surface area contributed by atoms with Crippen molar-refractivity contribution in [2.45, 2.75) is 25.0 Å². The van der Waals surface area contributed by atoms with E-state index in [1.807, 2.05) is 36.7 Å². The molecular formula is C21H22N4O4. The lowest BCUT2D eigenvalue weighted by atomic mass is 9.78. The molecular weight excluding hydrogens is 372 g/mol. The van der Waals surface area contributed by atoms with Crippen LogP contribution in [0.4, 0.5) is 5.95 Å². The van der Waals surface area contributed by atoms with Crippen LogP contribution in [0.1, 0.15) is 12.8 Å². The summed E-state index contributed by atoms with van der Waals surface area (Å²) in [5, 5.41) is 11.7. The average molecular weight is 394 g/mol. The first kappa shape index (κ1) is 16.9. The van der Waals surface area contributed by atoms with Gasteiger partial charge in [-0.1, -0.05) is 0 Å². The van der Waals surface area contributed by atoms with Crippen molar-refractivity contribution < 1.29 is 19.3 Å². The Labute approximate surface area is 167 Å². The first-order valence-electron chi connectivity index (χ1n) is 10.0. The molecule has 0 unspecified atom stereocenters. The van der Waals surface area contributed by atoms with Crippen LogP contribution in [0.2, 0.25) is 0 Å². The molecule has 0 bridgehead atoms. The highest BCUT2D eigenvalue weighted by Crippen LogP contribution is 2.40. The number of benzene rings is 1. The third-order valence-corrected chi connectivity index (χ3v) is 6.29. The fraction of sp³-hybridized carbons (Fsp3) is 0.429. The number of anilines is 1. The van der Waals surface area contributed by atoms with Crippen LogP contribution < -0.4 is 19.1 Å². The summed E-state index contributed by atoms with van der Waals surface area (Å²) in [6.45, 7) is 1.98. The lowest BCUT2D eigenvalue weighted by Gasteiger charge is -2.35.